The first-order valence-electron chi connectivity index (χ1n) is 15.2. The van der Waals surface area contributed by atoms with Crippen molar-refractivity contribution in [3.05, 3.63) is 166 Å². The minimum atomic E-state index is 0.676. The SMILES string of the molecule is C=C/C=C\c1cc/c(=C/C=C(\C)c2ccc3c(c2)-c2c(cccc2-c2ccc(-c4ccc(C#N)cc4)cc2)C3)c(=C)c1CC. The molecule has 0 N–H and O–H groups in total. The maximum atomic E-state index is 9.13. The lowest BCUT2D eigenvalue weighted by Crippen LogP contribution is -2.27. The Morgan fingerprint density at radius 3 is 2.27 bits per heavy atom. The zero-order chi connectivity index (χ0) is 30.6. The van der Waals surface area contributed by atoms with Gasteiger partial charge >= 0.3 is 0 Å². The molecule has 1 aliphatic carbocycles. The van der Waals surface area contributed by atoms with Crippen LogP contribution in [0.4, 0.5) is 0 Å². The van der Waals surface area contributed by atoms with Crippen molar-refractivity contribution in [2.75, 3.05) is 0 Å². The van der Waals surface area contributed by atoms with E-state index in [1.54, 1.807) is 6.08 Å². The molecule has 0 spiro atoms. The van der Waals surface area contributed by atoms with E-state index in [4.69, 9.17) is 5.26 Å². The lowest BCUT2D eigenvalue weighted by molar-refractivity contribution is 1.11. The molecule has 0 heterocycles. The number of hydrogen-bond acceptors (Lipinski definition) is 1. The van der Waals surface area contributed by atoms with Crippen LogP contribution >= 0.6 is 0 Å². The largest absolute Gasteiger partial charge is 0.192 e. The van der Waals surface area contributed by atoms with Crippen LogP contribution in [0.3, 0.4) is 0 Å². The summed E-state index contributed by atoms with van der Waals surface area (Å²) in [4.78, 5) is 0. The van der Waals surface area contributed by atoms with Gasteiger partial charge in [0.2, 0.25) is 0 Å². The van der Waals surface area contributed by atoms with Gasteiger partial charge < -0.3 is 0 Å². The number of nitrogens with zero attached hydrogens (tertiary/aromatic N) is 1. The van der Waals surface area contributed by atoms with Crippen LogP contribution < -0.4 is 10.4 Å². The monoisotopic (exact) mass is 565 g/mol. The van der Waals surface area contributed by atoms with Gasteiger partial charge in [0, 0.05) is 0 Å². The van der Waals surface area contributed by atoms with Gasteiger partial charge in [0.1, 0.15) is 0 Å². The van der Waals surface area contributed by atoms with Crippen LogP contribution in [0.15, 0.2) is 122 Å². The van der Waals surface area contributed by atoms with E-state index in [1.165, 1.54) is 55.6 Å². The summed E-state index contributed by atoms with van der Waals surface area (Å²) in [5.41, 5.74) is 15.7. The van der Waals surface area contributed by atoms with Crippen LogP contribution in [0.2, 0.25) is 0 Å². The van der Waals surface area contributed by atoms with Crippen molar-refractivity contribution in [2.45, 2.75) is 26.7 Å². The first-order chi connectivity index (χ1) is 21.5. The summed E-state index contributed by atoms with van der Waals surface area (Å²) >= 11 is 0. The molecule has 1 heteroatoms. The predicted molar refractivity (Wildman–Crippen MR) is 188 cm³/mol. The topological polar surface area (TPSA) is 23.8 Å². The number of nitriles is 1. The number of fused-ring (bicyclic) bond motifs is 3. The van der Waals surface area contributed by atoms with E-state index in [0.29, 0.717) is 5.56 Å². The Bertz CT molecular complexity index is 2100. The summed E-state index contributed by atoms with van der Waals surface area (Å²) in [6, 6.07) is 36.6. The second-order valence-corrected chi connectivity index (χ2v) is 11.3. The third-order valence-corrected chi connectivity index (χ3v) is 8.69. The Morgan fingerprint density at radius 2 is 1.57 bits per heavy atom. The van der Waals surface area contributed by atoms with Crippen molar-refractivity contribution >= 4 is 24.3 Å². The highest BCUT2D eigenvalue weighted by Crippen LogP contribution is 2.44. The minimum Gasteiger partial charge on any atom is -0.192 e. The molecular weight excluding hydrogens is 530 g/mol. The standard InChI is InChI=1S/C43H35N/c1-5-7-9-35-21-18-32(30(4)40(35)6-2)15-12-29(3)37-24-25-38-26-39-10-8-11-41(43(39)42(38)27-37)36-22-19-34(20-23-36)33-16-13-31(28-44)14-17-33/h5,7-25,27H,1,4,6,26H2,2-3H3/b9-7-,29-12+,32-15-. The molecule has 0 amide bonds. The predicted octanol–water partition coefficient (Wildman–Crippen LogP) is 9.52. The maximum absolute atomic E-state index is 9.13. The van der Waals surface area contributed by atoms with Crippen molar-refractivity contribution in [3.8, 4) is 39.4 Å². The quantitative estimate of drug-likeness (QED) is 0.177. The molecule has 0 saturated carbocycles. The zero-order valence-electron chi connectivity index (χ0n) is 25.4. The number of rotatable bonds is 7. The molecule has 6 rings (SSSR count). The molecule has 212 valence electrons. The van der Waals surface area contributed by atoms with Crippen LogP contribution in [-0.4, -0.2) is 0 Å². The van der Waals surface area contributed by atoms with Crippen molar-refractivity contribution in [2.24, 2.45) is 0 Å². The fourth-order valence-electron chi connectivity index (χ4n) is 6.24. The van der Waals surface area contributed by atoms with Gasteiger partial charge in [-0.05, 0) is 115 Å². The molecule has 0 bridgehead atoms. The molecule has 5 aromatic carbocycles. The first kappa shape index (κ1) is 28.7. The summed E-state index contributed by atoms with van der Waals surface area (Å²) < 4.78 is 0. The molecule has 0 aliphatic heterocycles. The summed E-state index contributed by atoms with van der Waals surface area (Å²) in [5, 5.41) is 11.4. The Hall–Kier alpha value is -5.45. The summed E-state index contributed by atoms with van der Waals surface area (Å²) in [6.45, 7) is 12.6. The van der Waals surface area contributed by atoms with E-state index in [2.05, 4.69) is 124 Å². The fraction of sp³-hybridized carbons (Fsp3) is 0.0930. The van der Waals surface area contributed by atoms with E-state index in [1.807, 2.05) is 30.3 Å². The maximum Gasteiger partial charge on any atom is 0.0991 e. The van der Waals surface area contributed by atoms with Gasteiger partial charge in [-0.1, -0.05) is 129 Å². The van der Waals surface area contributed by atoms with Crippen molar-refractivity contribution in [1.29, 1.82) is 5.26 Å². The smallest absolute Gasteiger partial charge is 0.0991 e. The average Bonchev–Trinajstić information content (AvgIpc) is 3.45. The average molecular weight is 566 g/mol. The van der Waals surface area contributed by atoms with E-state index >= 15 is 0 Å². The highest BCUT2D eigenvalue weighted by Gasteiger charge is 2.22. The molecular formula is C43H35N. The van der Waals surface area contributed by atoms with Gasteiger partial charge in [0.15, 0.2) is 0 Å². The fourth-order valence-corrected chi connectivity index (χ4v) is 6.24. The minimum absolute atomic E-state index is 0.676. The van der Waals surface area contributed by atoms with Crippen LogP contribution in [-0.2, 0) is 12.8 Å². The molecule has 1 nitrogen and oxygen atoms in total. The van der Waals surface area contributed by atoms with E-state index in [9.17, 15) is 0 Å². The normalized spacial score (nSPS) is 12.7. The Balaban J connectivity index is 1.34. The molecule has 0 unspecified atom stereocenters. The van der Waals surface area contributed by atoms with Gasteiger partial charge in [-0.3, -0.25) is 0 Å². The summed E-state index contributed by atoms with van der Waals surface area (Å²) in [7, 11) is 0. The van der Waals surface area contributed by atoms with Gasteiger partial charge in [-0.25, -0.2) is 0 Å². The molecule has 0 atom stereocenters. The van der Waals surface area contributed by atoms with Gasteiger partial charge in [0.05, 0.1) is 11.6 Å². The van der Waals surface area contributed by atoms with E-state index in [0.717, 1.165) is 34.4 Å². The number of hydrogen-bond donors (Lipinski definition) is 0. The molecule has 1 aliphatic rings. The van der Waals surface area contributed by atoms with Crippen LogP contribution in [0.25, 0.3) is 57.7 Å². The third kappa shape index (κ3) is 5.51. The van der Waals surface area contributed by atoms with Crippen molar-refractivity contribution in [3.63, 3.8) is 0 Å². The van der Waals surface area contributed by atoms with E-state index < -0.39 is 0 Å². The molecule has 0 saturated heterocycles. The highest BCUT2D eigenvalue weighted by molar-refractivity contribution is 5.92. The second kappa shape index (κ2) is 12.4. The molecule has 5 aromatic rings. The molecule has 44 heavy (non-hydrogen) atoms. The Labute approximate surface area is 260 Å². The molecule has 0 radical (unpaired) electrons. The Kier molecular flexibility index (Phi) is 8.09. The third-order valence-electron chi connectivity index (χ3n) is 8.69. The van der Waals surface area contributed by atoms with Gasteiger partial charge in [0.25, 0.3) is 0 Å². The highest BCUT2D eigenvalue weighted by atomic mass is 14.3. The Morgan fingerprint density at radius 1 is 0.841 bits per heavy atom. The van der Waals surface area contributed by atoms with Crippen LogP contribution in [0, 0.1) is 11.3 Å². The number of allylic oxidation sites excluding steroid dienone is 4. The van der Waals surface area contributed by atoms with Crippen LogP contribution in [0.1, 0.15) is 47.2 Å². The lowest BCUT2D eigenvalue weighted by atomic mass is 9.92. The van der Waals surface area contributed by atoms with E-state index in [-0.39, 0.29) is 0 Å². The number of benzene rings is 5. The first-order valence-corrected chi connectivity index (χ1v) is 15.2. The van der Waals surface area contributed by atoms with Crippen molar-refractivity contribution in [1.82, 2.24) is 0 Å². The molecule has 0 fully saturated rings. The molecule has 0 aromatic heterocycles. The zero-order valence-corrected chi connectivity index (χ0v) is 25.4. The van der Waals surface area contributed by atoms with Crippen LogP contribution in [0.5, 0.6) is 0 Å². The van der Waals surface area contributed by atoms with Gasteiger partial charge in [-0.2, -0.15) is 5.26 Å². The lowest BCUT2D eigenvalue weighted by Gasteiger charge is -2.12. The second-order valence-electron chi connectivity index (χ2n) is 11.3. The summed E-state index contributed by atoms with van der Waals surface area (Å²) in [6.07, 6.45) is 12.2. The van der Waals surface area contributed by atoms with Gasteiger partial charge in [-0.15, -0.1) is 0 Å². The summed E-state index contributed by atoms with van der Waals surface area (Å²) in [5.74, 6) is 0. The van der Waals surface area contributed by atoms with Crippen molar-refractivity contribution < 1.29 is 0 Å².